The number of likely N-dealkylation sites (tertiary alicyclic amines) is 1. The lowest BCUT2D eigenvalue weighted by Gasteiger charge is -2.24. The van der Waals surface area contributed by atoms with Crippen molar-refractivity contribution in [2.45, 2.75) is 32.7 Å². The van der Waals surface area contributed by atoms with Crippen LogP contribution in [0.5, 0.6) is 0 Å². The molecular weight excluding hydrogens is 230 g/mol. The summed E-state index contributed by atoms with van der Waals surface area (Å²) < 4.78 is 0. The first-order valence-corrected chi connectivity index (χ1v) is 6.58. The molecule has 1 atom stereocenters. The average Bonchev–Trinajstić information content (AvgIpc) is 2.78. The van der Waals surface area contributed by atoms with E-state index in [0.29, 0.717) is 0 Å². The van der Waals surface area contributed by atoms with Crippen LogP contribution in [0.3, 0.4) is 0 Å². The van der Waals surface area contributed by atoms with Crippen LogP contribution in [0.1, 0.15) is 26.7 Å². The van der Waals surface area contributed by atoms with Crippen molar-refractivity contribution >= 4 is 11.8 Å². The van der Waals surface area contributed by atoms with Gasteiger partial charge in [-0.2, -0.15) is 0 Å². The van der Waals surface area contributed by atoms with Gasteiger partial charge in [-0.1, -0.05) is 0 Å². The second kappa shape index (κ2) is 5.52. The van der Waals surface area contributed by atoms with Crippen molar-refractivity contribution in [2.75, 3.05) is 26.2 Å². The molecular formula is C13H21N3O2. The van der Waals surface area contributed by atoms with Crippen molar-refractivity contribution in [3.8, 4) is 0 Å². The molecule has 0 aromatic heterocycles. The molecule has 2 N–H and O–H groups in total. The summed E-state index contributed by atoms with van der Waals surface area (Å²) in [6, 6.07) is -0.431. The molecule has 2 aliphatic rings. The van der Waals surface area contributed by atoms with Crippen LogP contribution in [0.25, 0.3) is 0 Å². The Labute approximate surface area is 108 Å². The molecule has 0 aliphatic carbocycles. The van der Waals surface area contributed by atoms with Gasteiger partial charge in [-0.3, -0.25) is 9.59 Å². The number of carbonyl (C=O) groups is 2. The maximum absolute atomic E-state index is 12.0. The molecule has 1 unspecified atom stereocenters. The molecule has 5 heteroatoms. The van der Waals surface area contributed by atoms with Crippen LogP contribution in [-0.2, 0) is 9.59 Å². The van der Waals surface area contributed by atoms with Gasteiger partial charge in [0.05, 0.1) is 0 Å². The molecule has 2 aliphatic heterocycles. The number of hydrogen-bond donors (Lipinski definition) is 2. The van der Waals surface area contributed by atoms with Crippen molar-refractivity contribution in [1.82, 2.24) is 15.5 Å². The summed E-state index contributed by atoms with van der Waals surface area (Å²) in [7, 11) is 0. The molecule has 18 heavy (non-hydrogen) atoms. The largest absolute Gasteiger partial charge is 0.341 e. The monoisotopic (exact) mass is 251 g/mol. The summed E-state index contributed by atoms with van der Waals surface area (Å²) >= 11 is 0. The van der Waals surface area contributed by atoms with Crippen molar-refractivity contribution in [3.05, 3.63) is 11.1 Å². The highest BCUT2D eigenvalue weighted by Crippen LogP contribution is 2.11. The number of nitrogens with zero attached hydrogens (tertiary/aromatic N) is 1. The SMILES string of the molecule is CC(C(=O)NC(C)C(=O)N1CCCC1)=C1CNC1. The second-order valence-corrected chi connectivity index (χ2v) is 5.06. The Bertz CT molecular complexity index is 378. The standard InChI is InChI=1S/C13H21N3O2/c1-9(11-7-14-8-11)12(17)15-10(2)13(18)16-5-3-4-6-16/h10,14H,3-8H2,1-2H3,(H,15,17). The molecule has 2 amide bonds. The third-order valence-corrected chi connectivity index (χ3v) is 3.68. The van der Waals surface area contributed by atoms with E-state index in [0.717, 1.165) is 50.2 Å². The summed E-state index contributed by atoms with van der Waals surface area (Å²) in [5.74, 6) is -0.0862. The fourth-order valence-electron chi connectivity index (χ4n) is 2.25. The third kappa shape index (κ3) is 2.72. The van der Waals surface area contributed by atoms with Crippen LogP contribution >= 0.6 is 0 Å². The van der Waals surface area contributed by atoms with Crippen LogP contribution < -0.4 is 10.6 Å². The van der Waals surface area contributed by atoms with E-state index in [1.807, 2.05) is 11.8 Å². The zero-order valence-electron chi connectivity index (χ0n) is 11.1. The van der Waals surface area contributed by atoms with Gasteiger partial charge in [0.1, 0.15) is 6.04 Å². The molecule has 100 valence electrons. The Morgan fingerprint density at radius 3 is 2.39 bits per heavy atom. The molecule has 0 bridgehead atoms. The van der Waals surface area contributed by atoms with Gasteiger partial charge in [-0.25, -0.2) is 0 Å². The minimum atomic E-state index is -0.431. The first-order valence-electron chi connectivity index (χ1n) is 6.58. The summed E-state index contributed by atoms with van der Waals surface area (Å²) in [5.41, 5.74) is 1.88. The maximum atomic E-state index is 12.0. The van der Waals surface area contributed by atoms with Gasteiger partial charge < -0.3 is 15.5 Å². The maximum Gasteiger partial charge on any atom is 0.247 e. The smallest absolute Gasteiger partial charge is 0.247 e. The highest BCUT2D eigenvalue weighted by Gasteiger charge is 2.25. The third-order valence-electron chi connectivity index (χ3n) is 3.68. The van der Waals surface area contributed by atoms with Crippen molar-refractivity contribution in [3.63, 3.8) is 0 Å². The summed E-state index contributed by atoms with van der Waals surface area (Å²) in [5, 5.41) is 5.89. The van der Waals surface area contributed by atoms with E-state index in [-0.39, 0.29) is 11.8 Å². The van der Waals surface area contributed by atoms with E-state index in [4.69, 9.17) is 0 Å². The second-order valence-electron chi connectivity index (χ2n) is 5.06. The summed E-state index contributed by atoms with van der Waals surface area (Å²) in [4.78, 5) is 25.8. The normalized spacial score (nSPS) is 20.3. The molecule has 0 aromatic rings. The molecule has 2 saturated heterocycles. The van der Waals surface area contributed by atoms with Crippen LogP contribution in [0.2, 0.25) is 0 Å². The Balaban J connectivity index is 1.88. The van der Waals surface area contributed by atoms with Crippen molar-refractivity contribution in [1.29, 1.82) is 0 Å². The van der Waals surface area contributed by atoms with E-state index >= 15 is 0 Å². The predicted octanol–water partition coefficient (Wildman–Crippen LogP) is 0.0332. The Morgan fingerprint density at radius 2 is 1.89 bits per heavy atom. The van der Waals surface area contributed by atoms with Crippen LogP contribution in [0, 0.1) is 0 Å². The zero-order valence-corrected chi connectivity index (χ0v) is 11.1. The van der Waals surface area contributed by atoms with Gasteiger partial charge in [-0.15, -0.1) is 0 Å². The van der Waals surface area contributed by atoms with Crippen molar-refractivity contribution in [2.24, 2.45) is 0 Å². The topological polar surface area (TPSA) is 61.4 Å². The molecule has 0 saturated carbocycles. The van der Waals surface area contributed by atoms with Gasteiger partial charge in [0.2, 0.25) is 11.8 Å². The van der Waals surface area contributed by atoms with E-state index in [1.165, 1.54) is 0 Å². The fraction of sp³-hybridized carbons (Fsp3) is 0.692. The highest BCUT2D eigenvalue weighted by molar-refractivity contribution is 5.97. The molecule has 2 heterocycles. The van der Waals surface area contributed by atoms with Crippen LogP contribution in [-0.4, -0.2) is 48.9 Å². The van der Waals surface area contributed by atoms with Gasteiger partial charge in [-0.05, 0) is 32.3 Å². The Morgan fingerprint density at radius 1 is 1.28 bits per heavy atom. The number of rotatable bonds is 3. The van der Waals surface area contributed by atoms with E-state index in [1.54, 1.807) is 6.92 Å². The Kier molecular flexibility index (Phi) is 4.01. The van der Waals surface area contributed by atoms with Gasteiger partial charge in [0.25, 0.3) is 0 Å². The lowest BCUT2D eigenvalue weighted by atomic mass is 10.0. The Hall–Kier alpha value is -1.36. The molecule has 0 spiro atoms. The minimum absolute atomic E-state index is 0.0328. The molecule has 5 nitrogen and oxygen atoms in total. The van der Waals surface area contributed by atoms with Gasteiger partial charge in [0.15, 0.2) is 0 Å². The summed E-state index contributed by atoms with van der Waals surface area (Å²) in [6.45, 7) is 6.79. The number of carbonyl (C=O) groups excluding carboxylic acids is 2. The fourth-order valence-corrected chi connectivity index (χ4v) is 2.25. The van der Waals surface area contributed by atoms with Crippen molar-refractivity contribution < 1.29 is 9.59 Å². The minimum Gasteiger partial charge on any atom is -0.341 e. The molecule has 2 rings (SSSR count). The van der Waals surface area contributed by atoms with Crippen LogP contribution in [0.15, 0.2) is 11.1 Å². The quantitative estimate of drug-likeness (QED) is 0.696. The van der Waals surface area contributed by atoms with E-state index in [9.17, 15) is 9.59 Å². The zero-order chi connectivity index (χ0) is 13.1. The van der Waals surface area contributed by atoms with Gasteiger partial charge in [0, 0.05) is 31.8 Å². The van der Waals surface area contributed by atoms with E-state index in [2.05, 4.69) is 10.6 Å². The molecule has 0 aromatic carbocycles. The molecule has 0 radical (unpaired) electrons. The lowest BCUT2D eigenvalue weighted by Crippen LogP contribution is -2.47. The van der Waals surface area contributed by atoms with E-state index < -0.39 is 6.04 Å². The molecule has 2 fully saturated rings. The number of nitrogens with one attached hydrogen (secondary N) is 2. The average molecular weight is 251 g/mol. The summed E-state index contributed by atoms with van der Waals surface area (Å²) in [6.07, 6.45) is 2.14. The van der Waals surface area contributed by atoms with Crippen LogP contribution in [0.4, 0.5) is 0 Å². The number of hydrogen-bond acceptors (Lipinski definition) is 3. The highest BCUT2D eigenvalue weighted by atomic mass is 16.2. The predicted molar refractivity (Wildman–Crippen MR) is 69.0 cm³/mol. The van der Waals surface area contributed by atoms with Gasteiger partial charge >= 0.3 is 0 Å². The first kappa shape index (κ1) is 13.1. The number of amides is 2. The first-order chi connectivity index (χ1) is 8.59. The lowest BCUT2D eigenvalue weighted by molar-refractivity contribution is -0.134.